The summed E-state index contributed by atoms with van der Waals surface area (Å²) in [4.78, 5) is 19.4. The molecule has 4 rings (SSSR count). The highest BCUT2D eigenvalue weighted by molar-refractivity contribution is 5.87. The normalized spacial score (nSPS) is 27.1. The minimum Gasteiger partial charge on any atom is -0.447 e. The van der Waals surface area contributed by atoms with Crippen LogP contribution in [-0.4, -0.2) is 35.4 Å². The van der Waals surface area contributed by atoms with Crippen molar-refractivity contribution in [3.05, 3.63) is 53.7 Å². The Morgan fingerprint density at radius 1 is 1.38 bits per heavy atom. The number of likely N-dealkylation sites (tertiary alicyclic amines) is 1. The molecule has 5 heteroatoms. The maximum Gasteiger partial charge on any atom is 0.231 e. The third-order valence-electron chi connectivity index (χ3n) is 5.49. The SMILES string of the molecule is Cc1ccc(C2CN(Cc3ncco3)C(=O)C23CCCNC3)cc1. The summed E-state index contributed by atoms with van der Waals surface area (Å²) in [5, 5.41) is 3.45. The van der Waals surface area contributed by atoms with E-state index in [1.54, 1.807) is 12.5 Å². The number of hydrogen-bond donors (Lipinski definition) is 1. The molecule has 0 radical (unpaired) electrons. The number of nitrogens with one attached hydrogen (secondary N) is 1. The second-order valence-corrected chi connectivity index (χ2v) is 7.01. The van der Waals surface area contributed by atoms with Gasteiger partial charge in [0.25, 0.3) is 0 Å². The quantitative estimate of drug-likeness (QED) is 0.942. The number of aromatic nitrogens is 1. The first-order valence-electron chi connectivity index (χ1n) is 8.64. The van der Waals surface area contributed by atoms with Crippen molar-refractivity contribution >= 4 is 5.91 Å². The molecule has 1 spiro atoms. The molecule has 2 aromatic rings. The number of oxazole rings is 1. The highest BCUT2D eigenvalue weighted by atomic mass is 16.3. The maximum atomic E-state index is 13.3. The average molecular weight is 325 g/mol. The summed E-state index contributed by atoms with van der Waals surface area (Å²) < 4.78 is 5.36. The number of hydrogen-bond acceptors (Lipinski definition) is 4. The number of amides is 1. The van der Waals surface area contributed by atoms with Gasteiger partial charge >= 0.3 is 0 Å². The molecule has 3 heterocycles. The molecular weight excluding hydrogens is 302 g/mol. The van der Waals surface area contributed by atoms with Crippen LogP contribution in [-0.2, 0) is 11.3 Å². The van der Waals surface area contributed by atoms with Crippen LogP contribution in [0.1, 0.15) is 35.8 Å². The topological polar surface area (TPSA) is 58.4 Å². The molecule has 5 nitrogen and oxygen atoms in total. The van der Waals surface area contributed by atoms with Crippen LogP contribution in [0.4, 0.5) is 0 Å². The van der Waals surface area contributed by atoms with Crippen LogP contribution in [0, 0.1) is 12.3 Å². The summed E-state index contributed by atoms with van der Waals surface area (Å²) >= 11 is 0. The third-order valence-corrected chi connectivity index (χ3v) is 5.49. The predicted octanol–water partition coefficient (Wildman–Crippen LogP) is 2.48. The van der Waals surface area contributed by atoms with Gasteiger partial charge in [0.1, 0.15) is 6.26 Å². The van der Waals surface area contributed by atoms with Gasteiger partial charge in [0.15, 0.2) is 0 Å². The van der Waals surface area contributed by atoms with Crippen molar-refractivity contribution < 1.29 is 9.21 Å². The summed E-state index contributed by atoms with van der Waals surface area (Å²) in [5.74, 6) is 1.05. The fraction of sp³-hybridized carbons (Fsp3) is 0.474. The lowest BCUT2D eigenvalue weighted by molar-refractivity contribution is -0.138. The van der Waals surface area contributed by atoms with Gasteiger partial charge < -0.3 is 14.6 Å². The Labute approximate surface area is 142 Å². The first kappa shape index (κ1) is 15.4. The molecule has 2 aliphatic heterocycles. The fourth-order valence-electron chi connectivity index (χ4n) is 4.20. The van der Waals surface area contributed by atoms with E-state index in [0.717, 1.165) is 32.5 Å². The molecule has 1 N–H and O–H groups in total. The van der Waals surface area contributed by atoms with E-state index >= 15 is 0 Å². The number of rotatable bonds is 3. The number of carbonyl (C=O) groups excluding carboxylic acids is 1. The van der Waals surface area contributed by atoms with Crippen LogP contribution in [0.2, 0.25) is 0 Å². The monoisotopic (exact) mass is 325 g/mol. The number of carbonyl (C=O) groups is 1. The van der Waals surface area contributed by atoms with Gasteiger partial charge in [0.05, 0.1) is 18.2 Å². The summed E-state index contributed by atoms with van der Waals surface area (Å²) in [7, 11) is 0. The van der Waals surface area contributed by atoms with Crippen molar-refractivity contribution in [3.63, 3.8) is 0 Å². The van der Waals surface area contributed by atoms with Crippen LogP contribution in [0.5, 0.6) is 0 Å². The molecule has 2 saturated heterocycles. The number of aryl methyl sites for hydroxylation is 1. The zero-order chi connectivity index (χ0) is 16.6. The van der Waals surface area contributed by atoms with E-state index in [4.69, 9.17) is 4.42 Å². The zero-order valence-electron chi connectivity index (χ0n) is 14.0. The van der Waals surface area contributed by atoms with Crippen LogP contribution in [0.15, 0.2) is 41.1 Å². The Hall–Kier alpha value is -2.14. The van der Waals surface area contributed by atoms with Crippen molar-refractivity contribution in [3.8, 4) is 0 Å². The van der Waals surface area contributed by atoms with Crippen molar-refractivity contribution in [2.24, 2.45) is 5.41 Å². The van der Waals surface area contributed by atoms with E-state index in [0.29, 0.717) is 12.4 Å². The highest BCUT2D eigenvalue weighted by Crippen LogP contribution is 2.48. The first-order valence-corrected chi connectivity index (χ1v) is 8.64. The molecule has 2 aliphatic rings. The van der Waals surface area contributed by atoms with E-state index in [-0.39, 0.29) is 17.2 Å². The molecule has 1 aromatic carbocycles. The van der Waals surface area contributed by atoms with Crippen molar-refractivity contribution in [1.82, 2.24) is 15.2 Å². The van der Waals surface area contributed by atoms with Gasteiger partial charge in [-0.15, -0.1) is 0 Å². The van der Waals surface area contributed by atoms with E-state index in [1.807, 2.05) is 4.90 Å². The summed E-state index contributed by atoms with van der Waals surface area (Å²) in [5.41, 5.74) is 2.17. The predicted molar refractivity (Wildman–Crippen MR) is 90.4 cm³/mol. The molecule has 0 aliphatic carbocycles. The Kier molecular flexibility index (Phi) is 3.88. The maximum absolute atomic E-state index is 13.3. The highest BCUT2D eigenvalue weighted by Gasteiger charge is 2.54. The fourth-order valence-corrected chi connectivity index (χ4v) is 4.20. The van der Waals surface area contributed by atoms with Crippen LogP contribution in [0.3, 0.4) is 0 Å². The van der Waals surface area contributed by atoms with Gasteiger partial charge in [-0.05, 0) is 31.9 Å². The summed E-state index contributed by atoms with van der Waals surface area (Å²) in [6.45, 7) is 5.03. The minimum atomic E-state index is -0.333. The molecule has 1 amide bonds. The van der Waals surface area contributed by atoms with Crippen LogP contribution < -0.4 is 5.32 Å². The van der Waals surface area contributed by atoms with Gasteiger partial charge in [-0.25, -0.2) is 4.98 Å². The van der Waals surface area contributed by atoms with Crippen LogP contribution in [0.25, 0.3) is 0 Å². The van der Waals surface area contributed by atoms with Gasteiger partial charge in [0, 0.05) is 19.0 Å². The summed E-state index contributed by atoms with van der Waals surface area (Å²) in [6.07, 6.45) is 5.18. The molecule has 2 atom stereocenters. The number of piperidine rings is 1. The molecule has 126 valence electrons. The van der Waals surface area contributed by atoms with E-state index < -0.39 is 0 Å². The lowest BCUT2D eigenvalue weighted by Gasteiger charge is -2.37. The average Bonchev–Trinajstić information content (AvgIpc) is 3.20. The zero-order valence-corrected chi connectivity index (χ0v) is 14.0. The molecule has 0 bridgehead atoms. The van der Waals surface area contributed by atoms with Crippen molar-refractivity contribution in [2.45, 2.75) is 32.2 Å². The van der Waals surface area contributed by atoms with E-state index in [9.17, 15) is 4.79 Å². The van der Waals surface area contributed by atoms with Crippen molar-refractivity contribution in [1.29, 1.82) is 0 Å². The molecule has 0 saturated carbocycles. The Balaban J connectivity index is 1.67. The van der Waals surface area contributed by atoms with Gasteiger partial charge in [-0.1, -0.05) is 29.8 Å². The lowest BCUT2D eigenvalue weighted by atomic mass is 9.69. The summed E-state index contributed by atoms with van der Waals surface area (Å²) in [6, 6.07) is 8.64. The van der Waals surface area contributed by atoms with Gasteiger partial charge in [0.2, 0.25) is 11.8 Å². The van der Waals surface area contributed by atoms with Crippen LogP contribution >= 0.6 is 0 Å². The molecule has 2 unspecified atom stereocenters. The van der Waals surface area contributed by atoms with Gasteiger partial charge in [-0.3, -0.25) is 4.79 Å². The first-order chi connectivity index (χ1) is 11.7. The number of benzene rings is 1. The molecule has 1 aromatic heterocycles. The Bertz CT molecular complexity index is 703. The minimum absolute atomic E-state index is 0.216. The van der Waals surface area contributed by atoms with Crippen molar-refractivity contribution in [2.75, 3.05) is 19.6 Å². The second-order valence-electron chi connectivity index (χ2n) is 7.01. The molecule has 24 heavy (non-hydrogen) atoms. The Morgan fingerprint density at radius 2 is 2.21 bits per heavy atom. The van der Waals surface area contributed by atoms with Gasteiger partial charge in [-0.2, -0.15) is 0 Å². The van der Waals surface area contributed by atoms with E-state index in [2.05, 4.69) is 41.5 Å². The Morgan fingerprint density at radius 3 is 2.88 bits per heavy atom. The molecule has 2 fully saturated rings. The second kappa shape index (κ2) is 6.06. The standard InChI is InChI=1S/C19H23N3O2/c1-14-3-5-15(6-4-14)16-11-22(12-17-21-9-10-24-17)18(23)19(16)7-2-8-20-13-19/h3-6,9-10,16,20H,2,7-8,11-13H2,1H3. The molecular formula is C19H23N3O2. The van der Waals surface area contributed by atoms with E-state index in [1.165, 1.54) is 11.1 Å². The smallest absolute Gasteiger partial charge is 0.231 e. The largest absolute Gasteiger partial charge is 0.447 e. The lowest BCUT2D eigenvalue weighted by Crippen LogP contribution is -2.47. The number of nitrogens with zero attached hydrogens (tertiary/aromatic N) is 2. The third kappa shape index (κ3) is 2.53.